The number of fused-ring (bicyclic) bond motifs is 2. The van der Waals surface area contributed by atoms with Gasteiger partial charge in [0.2, 0.25) is 0 Å². The van der Waals surface area contributed by atoms with E-state index >= 15 is 0 Å². The van der Waals surface area contributed by atoms with Gasteiger partial charge < -0.3 is 10.1 Å². The lowest BCUT2D eigenvalue weighted by atomic mass is 9.94. The summed E-state index contributed by atoms with van der Waals surface area (Å²) in [7, 11) is 0. The lowest BCUT2D eigenvalue weighted by Gasteiger charge is -2.35. The maximum absolute atomic E-state index is 12.6. The van der Waals surface area contributed by atoms with Gasteiger partial charge in [0.25, 0.3) is 5.91 Å². The van der Waals surface area contributed by atoms with E-state index in [1.165, 1.54) is 0 Å². The van der Waals surface area contributed by atoms with Gasteiger partial charge in [0, 0.05) is 25.7 Å². The van der Waals surface area contributed by atoms with E-state index in [2.05, 4.69) is 15.2 Å². The zero-order chi connectivity index (χ0) is 16.4. The highest BCUT2D eigenvalue weighted by Crippen LogP contribution is 2.36. The molecule has 1 amide bonds. The number of benzene rings is 1. The zero-order valence-corrected chi connectivity index (χ0v) is 13.6. The Morgan fingerprint density at radius 2 is 2.00 bits per heavy atom. The van der Waals surface area contributed by atoms with Gasteiger partial charge in [-0.1, -0.05) is 18.2 Å². The van der Waals surface area contributed by atoms with Gasteiger partial charge in [-0.3, -0.25) is 9.69 Å². The third-order valence-electron chi connectivity index (χ3n) is 4.87. The summed E-state index contributed by atoms with van der Waals surface area (Å²) in [5.41, 5.74) is 0.418. The minimum atomic E-state index is -0.189. The molecule has 2 aliphatic rings. The summed E-state index contributed by atoms with van der Waals surface area (Å²) >= 11 is 0. The second-order valence-electron chi connectivity index (χ2n) is 6.58. The Hall–Kier alpha value is -2.40. The Kier molecular flexibility index (Phi) is 3.94. The molecule has 0 radical (unpaired) electrons. The van der Waals surface area contributed by atoms with Gasteiger partial charge >= 0.3 is 0 Å². The molecule has 2 fully saturated rings. The third kappa shape index (κ3) is 2.99. The van der Waals surface area contributed by atoms with Crippen LogP contribution in [0, 0.1) is 0 Å². The molecule has 1 unspecified atom stereocenters. The van der Waals surface area contributed by atoms with Crippen LogP contribution >= 0.6 is 0 Å². The number of ether oxygens (including phenoxy) is 1. The SMILES string of the molecule is O=C(Nc1ccccn1)c1ccccc1O[C@@]12CCCN(CC1)C2. The number of carbonyl (C=O) groups is 1. The molecular formula is C19H21N3O2. The van der Waals surface area contributed by atoms with Gasteiger partial charge in [-0.2, -0.15) is 0 Å². The highest BCUT2D eigenvalue weighted by atomic mass is 16.5. The Bertz CT molecular complexity index is 730. The Morgan fingerprint density at radius 1 is 1.12 bits per heavy atom. The van der Waals surface area contributed by atoms with E-state index in [4.69, 9.17) is 4.74 Å². The van der Waals surface area contributed by atoms with E-state index in [1.54, 1.807) is 18.3 Å². The standard InChI is InChI=1S/C19H21N3O2/c23-18(21-17-8-3-4-11-20-17)15-6-1-2-7-16(15)24-19-9-5-12-22(14-19)13-10-19/h1-4,6-8,11H,5,9-10,12-14H2,(H,20,21,23)/t19-/m0/s1. The lowest BCUT2D eigenvalue weighted by Crippen LogP contribution is -2.43. The first-order valence-corrected chi connectivity index (χ1v) is 8.47. The van der Waals surface area contributed by atoms with Crippen LogP contribution in [0.15, 0.2) is 48.7 Å². The van der Waals surface area contributed by atoms with Gasteiger partial charge in [-0.15, -0.1) is 0 Å². The van der Waals surface area contributed by atoms with Crippen molar-refractivity contribution < 1.29 is 9.53 Å². The van der Waals surface area contributed by atoms with Crippen molar-refractivity contribution in [1.29, 1.82) is 0 Å². The van der Waals surface area contributed by atoms with Crippen LogP contribution in [0.5, 0.6) is 5.75 Å². The Labute approximate surface area is 141 Å². The molecule has 4 rings (SSSR count). The van der Waals surface area contributed by atoms with Gasteiger partial charge in [0.1, 0.15) is 17.2 Å². The van der Waals surface area contributed by atoms with E-state index in [-0.39, 0.29) is 11.5 Å². The molecule has 0 aliphatic carbocycles. The summed E-state index contributed by atoms with van der Waals surface area (Å²) in [6, 6.07) is 12.9. The molecule has 0 spiro atoms. The fraction of sp³-hybridized carbons (Fsp3) is 0.368. The molecule has 1 aromatic heterocycles. The minimum absolute atomic E-state index is 0.139. The zero-order valence-electron chi connectivity index (χ0n) is 13.6. The van der Waals surface area contributed by atoms with Crippen LogP contribution in [0.4, 0.5) is 5.82 Å². The molecule has 1 N–H and O–H groups in total. The molecule has 5 nitrogen and oxygen atoms in total. The first-order valence-electron chi connectivity index (χ1n) is 8.47. The fourth-order valence-corrected chi connectivity index (χ4v) is 3.68. The quantitative estimate of drug-likeness (QED) is 0.940. The molecule has 24 heavy (non-hydrogen) atoms. The summed E-state index contributed by atoms with van der Waals surface area (Å²) in [6.07, 6.45) is 4.90. The van der Waals surface area contributed by atoms with Crippen molar-refractivity contribution in [2.45, 2.75) is 24.9 Å². The number of hydrogen-bond acceptors (Lipinski definition) is 4. The number of amides is 1. The largest absolute Gasteiger partial charge is 0.485 e. The number of anilines is 1. The van der Waals surface area contributed by atoms with Crippen molar-refractivity contribution in [3.05, 3.63) is 54.2 Å². The molecule has 1 aromatic carbocycles. The summed E-state index contributed by atoms with van der Waals surface area (Å²) in [5, 5.41) is 2.84. The number of nitrogens with zero attached hydrogens (tertiary/aromatic N) is 2. The van der Waals surface area contributed by atoms with Crippen LogP contribution in [0.1, 0.15) is 29.6 Å². The first-order chi connectivity index (χ1) is 11.7. The number of hydrogen-bond donors (Lipinski definition) is 1. The van der Waals surface area contributed by atoms with Crippen LogP contribution in [0.25, 0.3) is 0 Å². The number of carbonyl (C=O) groups excluding carboxylic acids is 1. The molecular weight excluding hydrogens is 302 g/mol. The first kappa shape index (κ1) is 15.1. The third-order valence-corrected chi connectivity index (χ3v) is 4.87. The summed E-state index contributed by atoms with van der Waals surface area (Å²) in [5.74, 6) is 1.02. The van der Waals surface area contributed by atoms with Crippen molar-refractivity contribution in [1.82, 2.24) is 9.88 Å². The molecule has 2 aromatic rings. The normalized spacial score (nSPS) is 25.2. The van der Waals surface area contributed by atoms with E-state index in [0.29, 0.717) is 17.1 Å². The number of pyridine rings is 1. The highest BCUT2D eigenvalue weighted by Gasteiger charge is 2.43. The predicted octanol–water partition coefficient (Wildman–Crippen LogP) is 2.95. The van der Waals surface area contributed by atoms with Gasteiger partial charge in [0.05, 0.1) is 5.56 Å². The molecule has 3 heterocycles. The van der Waals surface area contributed by atoms with E-state index in [9.17, 15) is 4.79 Å². The van der Waals surface area contributed by atoms with Crippen LogP contribution in [-0.4, -0.2) is 41.0 Å². The van der Waals surface area contributed by atoms with Gasteiger partial charge in [0.15, 0.2) is 0 Å². The Morgan fingerprint density at radius 3 is 2.88 bits per heavy atom. The molecule has 0 saturated carbocycles. The number of rotatable bonds is 4. The van der Waals surface area contributed by atoms with Crippen molar-refractivity contribution in [2.75, 3.05) is 25.0 Å². The van der Waals surface area contributed by atoms with Crippen LogP contribution < -0.4 is 10.1 Å². The van der Waals surface area contributed by atoms with E-state index < -0.39 is 0 Å². The summed E-state index contributed by atoms with van der Waals surface area (Å²) in [4.78, 5) is 19.2. The lowest BCUT2D eigenvalue weighted by molar-refractivity contribution is 0.0443. The number of aromatic nitrogens is 1. The van der Waals surface area contributed by atoms with Crippen LogP contribution in [-0.2, 0) is 0 Å². The summed E-state index contributed by atoms with van der Waals surface area (Å²) < 4.78 is 6.40. The second kappa shape index (κ2) is 6.24. The Balaban J connectivity index is 1.55. The van der Waals surface area contributed by atoms with Gasteiger partial charge in [-0.05, 0) is 43.7 Å². The second-order valence-corrected chi connectivity index (χ2v) is 6.58. The van der Waals surface area contributed by atoms with Crippen molar-refractivity contribution in [3.63, 3.8) is 0 Å². The van der Waals surface area contributed by atoms with E-state index in [0.717, 1.165) is 38.9 Å². The number of piperidine rings is 1. The summed E-state index contributed by atoms with van der Waals surface area (Å²) in [6.45, 7) is 3.21. The highest BCUT2D eigenvalue weighted by molar-refractivity contribution is 6.05. The average molecular weight is 323 g/mol. The van der Waals surface area contributed by atoms with Crippen molar-refractivity contribution in [2.24, 2.45) is 0 Å². The van der Waals surface area contributed by atoms with Crippen molar-refractivity contribution in [3.8, 4) is 5.75 Å². The maximum Gasteiger partial charge on any atom is 0.260 e. The fourth-order valence-electron chi connectivity index (χ4n) is 3.68. The predicted molar refractivity (Wildman–Crippen MR) is 92.3 cm³/mol. The molecule has 2 bridgehead atoms. The van der Waals surface area contributed by atoms with Gasteiger partial charge in [-0.25, -0.2) is 4.98 Å². The van der Waals surface area contributed by atoms with E-state index in [1.807, 2.05) is 30.3 Å². The maximum atomic E-state index is 12.6. The molecule has 2 atom stereocenters. The van der Waals surface area contributed by atoms with Crippen molar-refractivity contribution >= 4 is 11.7 Å². The molecule has 2 saturated heterocycles. The minimum Gasteiger partial charge on any atom is -0.485 e. The number of para-hydroxylation sites is 1. The monoisotopic (exact) mass is 323 g/mol. The smallest absolute Gasteiger partial charge is 0.260 e. The van der Waals surface area contributed by atoms with Crippen LogP contribution in [0.2, 0.25) is 0 Å². The molecule has 5 heteroatoms. The van der Waals surface area contributed by atoms with Crippen LogP contribution in [0.3, 0.4) is 0 Å². The molecule has 2 aliphatic heterocycles. The average Bonchev–Trinajstić information content (AvgIpc) is 2.90. The molecule has 124 valence electrons. The number of nitrogens with one attached hydrogen (secondary N) is 1. The topological polar surface area (TPSA) is 54.5 Å².